The van der Waals surface area contributed by atoms with Crippen LogP contribution in [0.4, 0.5) is 0 Å². The van der Waals surface area contributed by atoms with E-state index in [1.54, 1.807) is 0 Å². The van der Waals surface area contributed by atoms with Crippen LogP contribution in [0.25, 0.3) is 0 Å². The van der Waals surface area contributed by atoms with E-state index in [9.17, 15) is 4.57 Å². The highest BCUT2D eigenvalue weighted by Crippen LogP contribution is 2.66. The van der Waals surface area contributed by atoms with Crippen LogP contribution in [-0.2, 0) is 13.6 Å². The number of benzene rings is 1. The molecule has 1 aliphatic rings. The van der Waals surface area contributed by atoms with Crippen LogP contribution >= 0.6 is 7.75 Å². The second kappa shape index (κ2) is 5.54. The van der Waals surface area contributed by atoms with Crippen molar-refractivity contribution in [3.63, 3.8) is 0 Å². The first-order valence-electron chi connectivity index (χ1n) is 6.37. The predicted octanol–water partition coefficient (Wildman–Crippen LogP) is 3.61. The molecule has 18 heavy (non-hydrogen) atoms. The Morgan fingerprint density at radius 3 is 2.22 bits per heavy atom. The van der Waals surface area contributed by atoms with Gasteiger partial charge in [-0.15, -0.1) is 0 Å². The summed E-state index contributed by atoms with van der Waals surface area (Å²) in [5, 5.41) is 0. The van der Waals surface area contributed by atoms with E-state index in [0.29, 0.717) is 13.2 Å². The summed E-state index contributed by atoms with van der Waals surface area (Å²) in [5.74, 6) is 0. The van der Waals surface area contributed by atoms with Gasteiger partial charge in [-0.1, -0.05) is 30.3 Å². The lowest BCUT2D eigenvalue weighted by atomic mass is 10.1. The zero-order valence-corrected chi connectivity index (χ0v) is 12.0. The zero-order chi connectivity index (χ0) is 13.2. The topological polar surface area (TPSA) is 38.5 Å². The summed E-state index contributed by atoms with van der Waals surface area (Å²) < 4.78 is 25.2. The van der Waals surface area contributed by atoms with Crippen molar-refractivity contribution in [2.24, 2.45) is 0 Å². The average molecular weight is 269 g/mol. The Morgan fingerprint density at radius 2 is 1.72 bits per heavy atom. The minimum absolute atomic E-state index is 0.134. The molecule has 100 valence electrons. The minimum Gasteiger partial charge on any atom is -0.297 e. The lowest BCUT2D eigenvalue weighted by Crippen LogP contribution is -2.06. The van der Waals surface area contributed by atoms with Crippen LogP contribution in [0.2, 0.25) is 0 Å². The average Bonchev–Trinajstić information content (AvgIpc) is 3.03. The van der Waals surface area contributed by atoms with Crippen molar-refractivity contribution in [3.8, 4) is 0 Å². The van der Waals surface area contributed by atoms with E-state index in [-0.39, 0.29) is 12.1 Å². The SMILES string of the molecule is CCOP(=O)(OCC)N1[C@H](C)[C@H]1c1ccccc1. The molecule has 0 bridgehead atoms. The molecular weight excluding hydrogens is 249 g/mol. The van der Waals surface area contributed by atoms with Gasteiger partial charge in [0, 0.05) is 6.04 Å². The van der Waals surface area contributed by atoms with Crippen molar-refractivity contribution in [1.82, 2.24) is 4.67 Å². The highest BCUT2D eigenvalue weighted by molar-refractivity contribution is 7.51. The molecule has 1 fully saturated rings. The summed E-state index contributed by atoms with van der Waals surface area (Å²) in [4.78, 5) is 0. The van der Waals surface area contributed by atoms with Crippen molar-refractivity contribution >= 4 is 7.75 Å². The molecule has 0 aliphatic carbocycles. The van der Waals surface area contributed by atoms with Gasteiger partial charge in [-0.05, 0) is 26.3 Å². The Balaban J connectivity index is 2.17. The van der Waals surface area contributed by atoms with Gasteiger partial charge in [0.15, 0.2) is 0 Å². The summed E-state index contributed by atoms with van der Waals surface area (Å²) in [6.45, 7) is 6.49. The summed E-state index contributed by atoms with van der Waals surface area (Å²) in [7, 11) is -3.12. The molecule has 1 unspecified atom stereocenters. The molecule has 1 aromatic carbocycles. The van der Waals surface area contributed by atoms with Crippen molar-refractivity contribution in [1.29, 1.82) is 0 Å². The van der Waals surface area contributed by atoms with E-state index in [1.807, 2.05) is 55.8 Å². The van der Waals surface area contributed by atoms with E-state index in [4.69, 9.17) is 9.05 Å². The zero-order valence-electron chi connectivity index (χ0n) is 11.1. The standard InChI is InChI=1S/C13H20NO3P/c1-4-16-18(15,17-5-2)14-11(3)13(14)12-9-7-6-8-10-12/h6-11,13H,4-5H2,1-3H3/t11-,13+,14?/m1/s1. The number of hydrogen-bond acceptors (Lipinski definition) is 3. The molecule has 2 rings (SSSR count). The molecule has 0 aromatic heterocycles. The smallest absolute Gasteiger partial charge is 0.297 e. The van der Waals surface area contributed by atoms with Crippen LogP contribution < -0.4 is 0 Å². The Morgan fingerprint density at radius 1 is 1.17 bits per heavy atom. The predicted molar refractivity (Wildman–Crippen MR) is 71.3 cm³/mol. The maximum atomic E-state index is 12.7. The van der Waals surface area contributed by atoms with Gasteiger partial charge in [-0.25, -0.2) is 4.57 Å². The number of hydrogen-bond donors (Lipinski definition) is 0. The first kappa shape index (κ1) is 13.8. The van der Waals surface area contributed by atoms with E-state index >= 15 is 0 Å². The van der Waals surface area contributed by atoms with Crippen LogP contribution in [0.3, 0.4) is 0 Å². The summed E-state index contributed by atoms with van der Waals surface area (Å²) >= 11 is 0. The van der Waals surface area contributed by atoms with Gasteiger partial charge < -0.3 is 0 Å². The summed E-state index contributed by atoms with van der Waals surface area (Å²) in [6, 6.07) is 10.4. The lowest BCUT2D eigenvalue weighted by Gasteiger charge is -2.18. The van der Waals surface area contributed by atoms with E-state index in [1.165, 1.54) is 0 Å². The number of rotatable bonds is 6. The highest BCUT2D eigenvalue weighted by atomic mass is 31.2. The van der Waals surface area contributed by atoms with Crippen molar-refractivity contribution in [2.75, 3.05) is 13.2 Å². The van der Waals surface area contributed by atoms with E-state index in [0.717, 1.165) is 5.56 Å². The first-order valence-corrected chi connectivity index (χ1v) is 7.86. The van der Waals surface area contributed by atoms with Gasteiger partial charge in [0.25, 0.3) is 0 Å². The summed E-state index contributed by atoms with van der Waals surface area (Å²) in [6.07, 6.45) is 0. The quantitative estimate of drug-likeness (QED) is 0.584. The molecule has 5 heteroatoms. The number of nitrogens with zero attached hydrogens (tertiary/aromatic N) is 1. The Hall–Kier alpha value is -0.670. The molecular formula is C13H20NO3P. The van der Waals surface area contributed by atoms with Gasteiger partial charge in [-0.3, -0.25) is 9.05 Å². The van der Waals surface area contributed by atoms with Crippen LogP contribution in [0.5, 0.6) is 0 Å². The third-order valence-electron chi connectivity index (χ3n) is 3.08. The van der Waals surface area contributed by atoms with Crippen molar-refractivity contribution in [3.05, 3.63) is 35.9 Å². The van der Waals surface area contributed by atoms with Crippen molar-refractivity contribution in [2.45, 2.75) is 32.9 Å². The molecule has 1 saturated heterocycles. The second-order valence-corrected chi connectivity index (χ2v) is 6.20. The lowest BCUT2D eigenvalue weighted by molar-refractivity contribution is 0.193. The maximum Gasteiger partial charge on any atom is 0.409 e. The molecule has 1 heterocycles. The fraction of sp³-hybridized carbons (Fsp3) is 0.538. The third-order valence-corrected chi connectivity index (χ3v) is 5.43. The molecule has 1 aliphatic heterocycles. The Bertz CT molecular complexity index is 427. The highest BCUT2D eigenvalue weighted by Gasteiger charge is 2.57. The molecule has 1 aromatic rings. The first-order chi connectivity index (χ1) is 8.64. The normalized spacial score (nSPS) is 27.2. The van der Waals surface area contributed by atoms with Crippen LogP contribution in [-0.4, -0.2) is 23.9 Å². The Labute approximate surface area is 108 Å². The second-order valence-electron chi connectivity index (χ2n) is 4.28. The van der Waals surface area contributed by atoms with Gasteiger partial charge in [0.05, 0.1) is 19.3 Å². The summed E-state index contributed by atoms with van der Waals surface area (Å²) in [5.41, 5.74) is 1.16. The largest absolute Gasteiger partial charge is 0.409 e. The third kappa shape index (κ3) is 2.52. The van der Waals surface area contributed by atoms with Gasteiger partial charge >= 0.3 is 7.75 Å². The molecule has 0 radical (unpaired) electrons. The molecule has 0 amide bonds. The van der Waals surface area contributed by atoms with Gasteiger partial charge in [-0.2, -0.15) is 4.67 Å². The minimum atomic E-state index is -3.12. The van der Waals surface area contributed by atoms with E-state index in [2.05, 4.69) is 0 Å². The molecule has 0 N–H and O–H groups in total. The monoisotopic (exact) mass is 269 g/mol. The van der Waals surface area contributed by atoms with Crippen LogP contribution in [0.15, 0.2) is 30.3 Å². The molecule has 3 atom stereocenters. The molecule has 0 spiro atoms. The molecule has 4 nitrogen and oxygen atoms in total. The van der Waals surface area contributed by atoms with E-state index < -0.39 is 7.75 Å². The van der Waals surface area contributed by atoms with Crippen LogP contribution in [0, 0.1) is 0 Å². The Kier molecular flexibility index (Phi) is 4.23. The fourth-order valence-corrected chi connectivity index (χ4v) is 4.42. The van der Waals surface area contributed by atoms with Gasteiger partial charge in [0.1, 0.15) is 0 Å². The maximum absolute atomic E-state index is 12.7. The fourth-order valence-electron chi connectivity index (χ4n) is 2.29. The molecule has 0 saturated carbocycles. The van der Waals surface area contributed by atoms with Crippen LogP contribution in [0.1, 0.15) is 32.4 Å². The van der Waals surface area contributed by atoms with Gasteiger partial charge in [0.2, 0.25) is 0 Å². The van der Waals surface area contributed by atoms with Crippen molar-refractivity contribution < 1.29 is 13.6 Å².